The van der Waals surface area contributed by atoms with Crippen molar-refractivity contribution in [2.75, 3.05) is 18.2 Å². The first-order chi connectivity index (χ1) is 10.0. The molecule has 0 aliphatic heterocycles. The van der Waals surface area contributed by atoms with Crippen molar-refractivity contribution in [1.29, 1.82) is 0 Å². The number of aryl methyl sites for hydroxylation is 1. The number of para-hydroxylation sites is 2. The molecular formula is C14H16N4O3. The fourth-order valence-electron chi connectivity index (χ4n) is 1.84. The lowest BCUT2D eigenvalue weighted by Gasteiger charge is -2.12. The maximum atomic E-state index is 12.0. The molecule has 7 heteroatoms. The largest absolute Gasteiger partial charge is 0.468 e. The summed E-state index contributed by atoms with van der Waals surface area (Å²) in [5.74, 6) is -0.390. The number of nitrogens with two attached hydrogens (primary N) is 1. The van der Waals surface area contributed by atoms with E-state index in [2.05, 4.69) is 10.3 Å². The van der Waals surface area contributed by atoms with Gasteiger partial charge in [0, 0.05) is 11.8 Å². The Morgan fingerprint density at radius 2 is 2.14 bits per heavy atom. The van der Waals surface area contributed by atoms with Gasteiger partial charge in [0.1, 0.15) is 6.54 Å². The van der Waals surface area contributed by atoms with Crippen LogP contribution in [0.2, 0.25) is 0 Å². The molecule has 0 saturated carbocycles. The Morgan fingerprint density at radius 1 is 1.43 bits per heavy atom. The van der Waals surface area contributed by atoms with Crippen molar-refractivity contribution < 1.29 is 9.53 Å². The standard InChI is InChI=1S/C14H16N4O3/c1-9-7-13(20)18(14(16-9)21-2)8-12(19)17-11-6-4-3-5-10(11)15/h3-7H,8,15H2,1-2H3,(H,17,19). The zero-order chi connectivity index (χ0) is 15.4. The number of nitrogen functional groups attached to an aromatic ring is 1. The van der Waals surface area contributed by atoms with Crippen LogP contribution in [0.3, 0.4) is 0 Å². The van der Waals surface area contributed by atoms with Gasteiger partial charge < -0.3 is 15.8 Å². The van der Waals surface area contributed by atoms with Gasteiger partial charge in [-0.15, -0.1) is 0 Å². The molecule has 110 valence electrons. The smallest absolute Gasteiger partial charge is 0.299 e. The average Bonchev–Trinajstić information content (AvgIpc) is 2.44. The minimum atomic E-state index is -0.390. The summed E-state index contributed by atoms with van der Waals surface area (Å²) in [6, 6.07) is 8.31. The number of carbonyl (C=O) groups excluding carboxylic acids is 1. The van der Waals surface area contributed by atoms with Gasteiger partial charge in [-0.2, -0.15) is 0 Å². The van der Waals surface area contributed by atoms with Crippen LogP contribution >= 0.6 is 0 Å². The number of nitrogens with zero attached hydrogens (tertiary/aromatic N) is 2. The van der Waals surface area contributed by atoms with Gasteiger partial charge in [0.15, 0.2) is 0 Å². The molecule has 1 aromatic heterocycles. The molecule has 0 aliphatic carbocycles. The highest BCUT2D eigenvalue weighted by molar-refractivity contribution is 5.93. The normalized spacial score (nSPS) is 10.2. The van der Waals surface area contributed by atoms with Crippen LogP contribution < -0.4 is 21.3 Å². The van der Waals surface area contributed by atoms with Gasteiger partial charge in [0.2, 0.25) is 5.91 Å². The Labute approximate surface area is 121 Å². The highest BCUT2D eigenvalue weighted by atomic mass is 16.5. The highest BCUT2D eigenvalue weighted by Gasteiger charge is 2.12. The minimum absolute atomic E-state index is 0.0937. The molecule has 0 unspecified atom stereocenters. The number of carbonyl (C=O) groups is 1. The lowest BCUT2D eigenvalue weighted by atomic mass is 10.2. The van der Waals surface area contributed by atoms with Crippen molar-refractivity contribution in [1.82, 2.24) is 9.55 Å². The number of ether oxygens (including phenoxy) is 1. The molecule has 2 aromatic rings. The second-order valence-corrected chi connectivity index (χ2v) is 4.44. The van der Waals surface area contributed by atoms with Crippen LogP contribution in [0.5, 0.6) is 6.01 Å². The van der Waals surface area contributed by atoms with Crippen molar-refractivity contribution in [3.05, 3.63) is 46.4 Å². The predicted octanol–water partition coefficient (Wildman–Crippen LogP) is 0.781. The Kier molecular flexibility index (Phi) is 4.22. The van der Waals surface area contributed by atoms with E-state index in [0.717, 1.165) is 4.57 Å². The van der Waals surface area contributed by atoms with E-state index in [-0.39, 0.29) is 24.0 Å². The van der Waals surface area contributed by atoms with Crippen LogP contribution in [-0.2, 0) is 11.3 Å². The molecule has 0 spiro atoms. The molecular weight excluding hydrogens is 272 g/mol. The Balaban J connectivity index is 2.21. The number of amides is 1. The molecule has 1 aromatic carbocycles. The molecule has 0 radical (unpaired) electrons. The second kappa shape index (κ2) is 6.08. The van der Waals surface area contributed by atoms with Gasteiger partial charge in [-0.05, 0) is 19.1 Å². The van der Waals surface area contributed by atoms with E-state index in [0.29, 0.717) is 17.1 Å². The zero-order valence-electron chi connectivity index (χ0n) is 11.8. The number of aromatic nitrogens is 2. The Morgan fingerprint density at radius 3 is 2.81 bits per heavy atom. The molecule has 1 heterocycles. The molecule has 1 amide bonds. The number of hydrogen-bond donors (Lipinski definition) is 2. The summed E-state index contributed by atoms with van der Waals surface area (Å²) >= 11 is 0. The summed E-state index contributed by atoms with van der Waals surface area (Å²) in [6.45, 7) is 1.47. The molecule has 0 bridgehead atoms. The summed E-state index contributed by atoms with van der Waals surface area (Å²) in [6.07, 6.45) is 0. The number of benzene rings is 1. The summed E-state index contributed by atoms with van der Waals surface area (Å²) < 4.78 is 6.18. The molecule has 7 nitrogen and oxygen atoms in total. The summed E-state index contributed by atoms with van der Waals surface area (Å²) in [5, 5.41) is 2.64. The number of anilines is 2. The number of hydrogen-bond acceptors (Lipinski definition) is 5. The fourth-order valence-corrected chi connectivity index (χ4v) is 1.84. The molecule has 21 heavy (non-hydrogen) atoms. The lowest BCUT2D eigenvalue weighted by Crippen LogP contribution is -2.29. The van der Waals surface area contributed by atoms with E-state index in [9.17, 15) is 9.59 Å². The van der Waals surface area contributed by atoms with Crippen LogP contribution in [-0.4, -0.2) is 22.6 Å². The van der Waals surface area contributed by atoms with E-state index in [4.69, 9.17) is 10.5 Å². The van der Waals surface area contributed by atoms with Crippen molar-refractivity contribution in [2.45, 2.75) is 13.5 Å². The van der Waals surface area contributed by atoms with Crippen LogP contribution in [0, 0.1) is 6.92 Å². The number of rotatable bonds is 4. The lowest BCUT2D eigenvalue weighted by molar-refractivity contribution is -0.116. The Hall–Kier alpha value is -2.83. The topological polar surface area (TPSA) is 99.2 Å². The zero-order valence-corrected chi connectivity index (χ0v) is 11.8. The SMILES string of the molecule is COc1nc(C)cc(=O)n1CC(=O)Nc1ccccc1N. The maximum Gasteiger partial charge on any atom is 0.299 e. The third-order valence-electron chi connectivity index (χ3n) is 2.82. The van der Waals surface area contributed by atoms with E-state index in [1.54, 1.807) is 31.2 Å². The van der Waals surface area contributed by atoms with Crippen LogP contribution in [0.1, 0.15) is 5.69 Å². The van der Waals surface area contributed by atoms with Gasteiger partial charge in [-0.3, -0.25) is 14.2 Å². The van der Waals surface area contributed by atoms with Crippen LogP contribution in [0.15, 0.2) is 35.1 Å². The molecule has 2 rings (SSSR count). The first-order valence-corrected chi connectivity index (χ1v) is 6.28. The number of nitrogens with one attached hydrogen (secondary N) is 1. The van der Waals surface area contributed by atoms with Gasteiger partial charge in [0.05, 0.1) is 18.5 Å². The van der Waals surface area contributed by atoms with Gasteiger partial charge >= 0.3 is 0 Å². The third kappa shape index (κ3) is 3.38. The van der Waals surface area contributed by atoms with E-state index >= 15 is 0 Å². The van der Waals surface area contributed by atoms with Crippen LogP contribution in [0.25, 0.3) is 0 Å². The molecule has 0 atom stereocenters. The quantitative estimate of drug-likeness (QED) is 0.810. The molecule has 0 aliphatic rings. The molecule has 0 saturated heterocycles. The van der Waals surface area contributed by atoms with Crippen molar-refractivity contribution in [3.8, 4) is 6.01 Å². The first-order valence-electron chi connectivity index (χ1n) is 6.28. The number of methoxy groups -OCH3 is 1. The first kappa shape index (κ1) is 14.6. The van der Waals surface area contributed by atoms with E-state index < -0.39 is 0 Å². The van der Waals surface area contributed by atoms with Crippen LogP contribution in [0.4, 0.5) is 11.4 Å². The van der Waals surface area contributed by atoms with Gasteiger partial charge in [-0.25, -0.2) is 4.98 Å². The average molecular weight is 288 g/mol. The summed E-state index contributed by atoms with van der Waals surface area (Å²) in [7, 11) is 1.39. The fraction of sp³-hybridized carbons (Fsp3) is 0.214. The predicted molar refractivity (Wildman–Crippen MR) is 79.3 cm³/mol. The summed E-state index contributed by atoms with van der Waals surface area (Å²) in [5.41, 5.74) is 6.87. The Bertz CT molecular complexity index is 724. The third-order valence-corrected chi connectivity index (χ3v) is 2.82. The minimum Gasteiger partial charge on any atom is -0.468 e. The summed E-state index contributed by atoms with van der Waals surface area (Å²) in [4.78, 5) is 28.0. The highest BCUT2D eigenvalue weighted by Crippen LogP contribution is 2.16. The monoisotopic (exact) mass is 288 g/mol. The van der Waals surface area contributed by atoms with Gasteiger partial charge in [-0.1, -0.05) is 12.1 Å². The van der Waals surface area contributed by atoms with Gasteiger partial charge in [0.25, 0.3) is 11.6 Å². The van der Waals surface area contributed by atoms with E-state index in [1.807, 2.05) is 0 Å². The van der Waals surface area contributed by atoms with Crippen molar-refractivity contribution in [2.24, 2.45) is 0 Å². The van der Waals surface area contributed by atoms with Crippen molar-refractivity contribution in [3.63, 3.8) is 0 Å². The second-order valence-electron chi connectivity index (χ2n) is 4.44. The molecule has 3 N–H and O–H groups in total. The van der Waals surface area contributed by atoms with Crippen molar-refractivity contribution >= 4 is 17.3 Å². The molecule has 0 fully saturated rings. The maximum absolute atomic E-state index is 12.0. The van der Waals surface area contributed by atoms with E-state index in [1.165, 1.54) is 13.2 Å².